The molecule has 0 fully saturated rings. The fourth-order valence-corrected chi connectivity index (χ4v) is 4.77. The minimum atomic E-state index is -3.51. The van der Waals surface area contributed by atoms with Gasteiger partial charge in [0.15, 0.2) is 0 Å². The number of ether oxygens (including phenoxy) is 1. The summed E-state index contributed by atoms with van der Waals surface area (Å²) in [7, 11) is -2.21. The second kappa shape index (κ2) is 9.70. The Morgan fingerprint density at radius 2 is 1.73 bits per heavy atom. The minimum Gasteiger partial charge on any atom is -0.453 e. The summed E-state index contributed by atoms with van der Waals surface area (Å²) in [5, 5.41) is 2.57. The SMILES string of the molecule is CCc1ccc(CCNS(=O)(=O)c2ccc(CCNC(=O)OC)s2)cc1. The summed E-state index contributed by atoms with van der Waals surface area (Å²) >= 11 is 1.21. The van der Waals surface area contributed by atoms with Crippen LogP contribution in [0.3, 0.4) is 0 Å². The van der Waals surface area contributed by atoms with Crippen molar-refractivity contribution in [3.05, 3.63) is 52.4 Å². The first-order valence-corrected chi connectivity index (χ1v) is 10.7. The Hall–Kier alpha value is -1.90. The van der Waals surface area contributed by atoms with E-state index in [2.05, 4.69) is 33.8 Å². The van der Waals surface area contributed by atoms with Crippen molar-refractivity contribution in [1.29, 1.82) is 0 Å². The number of rotatable bonds is 9. The van der Waals surface area contributed by atoms with Crippen molar-refractivity contribution in [1.82, 2.24) is 10.0 Å². The standard InChI is InChI=1S/C18H24N2O4S2/c1-3-14-4-6-15(7-5-14)10-13-20-26(22,23)17-9-8-16(25-17)11-12-19-18(21)24-2/h4-9,20H,3,10-13H2,1-2H3,(H,19,21). The van der Waals surface area contributed by atoms with Gasteiger partial charge in [0.2, 0.25) is 10.0 Å². The number of aryl methyl sites for hydroxylation is 1. The van der Waals surface area contributed by atoms with Crippen LogP contribution in [-0.4, -0.2) is 34.7 Å². The topological polar surface area (TPSA) is 84.5 Å². The molecule has 2 rings (SSSR count). The lowest BCUT2D eigenvalue weighted by Crippen LogP contribution is -2.25. The Kier molecular flexibility index (Phi) is 7.62. The van der Waals surface area contributed by atoms with Crippen molar-refractivity contribution in [2.45, 2.75) is 30.4 Å². The van der Waals surface area contributed by atoms with Gasteiger partial charge < -0.3 is 10.1 Å². The number of benzene rings is 1. The molecule has 0 saturated carbocycles. The summed E-state index contributed by atoms with van der Waals surface area (Å²) in [4.78, 5) is 11.9. The maximum atomic E-state index is 12.4. The highest BCUT2D eigenvalue weighted by atomic mass is 32.2. The minimum absolute atomic E-state index is 0.284. The van der Waals surface area contributed by atoms with Crippen LogP contribution in [0.1, 0.15) is 22.9 Å². The first-order valence-electron chi connectivity index (χ1n) is 8.42. The van der Waals surface area contributed by atoms with Gasteiger partial charge in [-0.3, -0.25) is 0 Å². The number of amides is 1. The van der Waals surface area contributed by atoms with Crippen LogP contribution in [0.2, 0.25) is 0 Å². The summed E-state index contributed by atoms with van der Waals surface area (Å²) in [6.45, 7) is 2.85. The second-order valence-corrected chi connectivity index (χ2v) is 8.87. The number of sulfonamides is 1. The second-order valence-electron chi connectivity index (χ2n) is 5.71. The number of methoxy groups -OCH3 is 1. The summed E-state index contributed by atoms with van der Waals surface area (Å²) in [6, 6.07) is 11.6. The van der Waals surface area contributed by atoms with E-state index < -0.39 is 16.1 Å². The lowest BCUT2D eigenvalue weighted by Gasteiger charge is -2.06. The van der Waals surface area contributed by atoms with Crippen LogP contribution in [-0.2, 0) is 34.0 Å². The Morgan fingerprint density at radius 3 is 2.38 bits per heavy atom. The molecule has 8 heteroatoms. The molecule has 1 amide bonds. The number of alkyl carbamates (subject to hydrolysis) is 1. The number of carbonyl (C=O) groups excluding carboxylic acids is 1. The van der Waals surface area contributed by atoms with E-state index in [4.69, 9.17) is 0 Å². The van der Waals surface area contributed by atoms with Crippen molar-refractivity contribution >= 4 is 27.5 Å². The molecule has 0 saturated heterocycles. The predicted molar refractivity (Wildman–Crippen MR) is 103 cm³/mol. The molecule has 142 valence electrons. The van der Waals surface area contributed by atoms with Gasteiger partial charge in [-0.1, -0.05) is 31.2 Å². The molecule has 2 aromatic rings. The molecule has 0 radical (unpaired) electrons. The van der Waals surface area contributed by atoms with Crippen LogP contribution in [0.15, 0.2) is 40.6 Å². The third kappa shape index (κ3) is 6.12. The number of nitrogens with one attached hydrogen (secondary N) is 2. The van der Waals surface area contributed by atoms with Gasteiger partial charge in [-0.05, 0) is 42.5 Å². The molecule has 26 heavy (non-hydrogen) atoms. The average Bonchev–Trinajstić information content (AvgIpc) is 3.12. The molecule has 0 unspecified atom stereocenters. The third-order valence-corrected chi connectivity index (χ3v) is 6.96. The molecule has 1 heterocycles. The number of thiophene rings is 1. The highest BCUT2D eigenvalue weighted by molar-refractivity contribution is 7.91. The molecule has 0 atom stereocenters. The zero-order valence-electron chi connectivity index (χ0n) is 14.9. The van der Waals surface area contributed by atoms with Crippen LogP contribution in [0, 0.1) is 0 Å². The van der Waals surface area contributed by atoms with Crippen molar-refractivity contribution in [2.75, 3.05) is 20.2 Å². The molecular formula is C18H24N2O4S2. The molecule has 0 spiro atoms. The zero-order valence-corrected chi connectivity index (χ0v) is 16.6. The van der Waals surface area contributed by atoms with Crippen LogP contribution in [0.25, 0.3) is 0 Å². The van der Waals surface area contributed by atoms with Gasteiger partial charge >= 0.3 is 6.09 Å². The maximum absolute atomic E-state index is 12.4. The van der Waals surface area contributed by atoms with E-state index in [1.54, 1.807) is 12.1 Å². The summed E-state index contributed by atoms with van der Waals surface area (Å²) in [5.74, 6) is 0. The molecule has 1 aromatic carbocycles. The van der Waals surface area contributed by atoms with Crippen molar-refractivity contribution < 1.29 is 17.9 Å². The molecule has 0 aliphatic rings. The van der Waals surface area contributed by atoms with Crippen molar-refractivity contribution in [2.24, 2.45) is 0 Å². The van der Waals surface area contributed by atoms with E-state index in [0.29, 0.717) is 25.9 Å². The summed E-state index contributed by atoms with van der Waals surface area (Å²) in [6.07, 6.45) is 1.69. The van der Waals surface area contributed by atoms with Gasteiger partial charge in [0.25, 0.3) is 0 Å². The quantitative estimate of drug-likeness (QED) is 0.683. The van der Waals surface area contributed by atoms with Gasteiger partial charge in [-0.25, -0.2) is 17.9 Å². The molecule has 0 aliphatic heterocycles. The Balaban J connectivity index is 1.84. The Morgan fingerprint density at radius 1 is 1.04 bits per heavy atom. The van der Waals surface area contributed by atoms with Crippen LogP contribution in [0.5, 0.6) is 0 Å². The average molecular weight is 397 g/mol. The maximum Gasteiger partial charge on any atom is 0.406 e. The van der Waals surface area contributed by atoms with Gasteiger partial charge in [0.1, 0.15) is 4.21 Å². The van der Waals surface area contributed by atoms with Gasteiger partial charge in [-0.15, -0.1) is 11.3 Å². The summed E-state index contributed by atoms with van der Waals surface area (Å²) < 4.78 is 32.2. The van der Waals surface area contributed by atoms with Crippen molar-refractivity contribution in [3.63, 3.8) is 0 Å². The van der Waals surface area contributed by atoms with Crippen LogP contribution in [0.4, 0.5) is 4.79 Å². The lowest BCUT2D eigenvalue weighted by molar-refractivity contribution is 0.171. The molecule has 0 aliphatic carbocycles. The smallest absolute Gasteiger partial charge is 0.406 e. The van der Waals surface area contributed by atoms with Gasteiger partial charge in [-0.2, -0.15) is 0 Å². The fraction of sp³-hybridized carbons (Fsp3) is 0.389. The lowest BCUT2D eigenvalue weighted by atomic mass is 10.1. The van der Waals surface area contributed by atoms with E-state index in [0.717, 1.165) is 16.9 Å². The van der Waals surface area contributed by atoms with Crippen LogP contribution >= 0.6 is 11.3 Å². The van der Waals surface area contributed by atoms with Crippen LogP contribution < -0.4 is 10.0 Å². The van der Waals surface area contributed by atoms with E-state index in [-0.39, 0.29) is 4.21 Å². The zero-order chi connectivity index (χ0) is 19.0. The Bertz CT molecular complexity index is 814. The number of hydrogen-bond acceptors (Lipinski definition) is 5. The molecule has 6 nitrogen and oxygen atoms in total. The largest absolute Gasteiger partial charge is 0.453 e. The van der Waals surface area contributed by atoms with E-state index in [9.17, 15) is 13.2 Å². The predicted octanol–water partition coefficient (Wildman–Crippen LogP) is 2.73. The fourth-order valence-electron chi connectivity index (χ4n) is 2.34. The van der Waals surface area contributed by atoms with Crippen molar-refractivity contribution in [3.8, 4) is 0 Å². The van der Waals surface area contributed by atoms with E-state index >= 15 is 0 Å². The highest BCUT2D eigenvalue weighted by Crippen LogP contribution is 2.21. The number of carbonyl (C=O) groups is 1. The summed E-state index contributed by atoms with van der Waals surface area (Å²) in [5.41, 5.74) is 2.37. The first-order chi connectivity index (χ1) is 12.4. The van der Waals surface area contributed by atoms with Gasteiger partial charge in [0, 0.05) is 18.0 Å². The molecular weight excluding hydrogens is 372 g/mol. The molecule has 2 N–H and O–H groups in total. The van der Waals surface area contributed by atoms with E-state index in [1.807, 2.05) is 12.1 Å². The van der Waals surface area contributed by atoms with E-state index in [1.165, 1.54) is 24.0 Å². The monoisotopic (exact) mass is 396 g/mol. The normalized spacial score (nSPS) is 11.3. The third-order valence-electron chi connectivity index (χ3n) is 3.86. The Labute approximate surface area is 158 Å². The number of hydrogen-bond donors (Lipinski definition) is 2. The highest BCUT2D eigenvalue weighted by Gasteiger charge is 2.16. The van der Waals surface area contributed by atoms with Gasteiger partial charge in [0.05, 0.1) is 7.11 Å². The first kappa shape index (κ1) is 20.4. The molecule has 1 aromatic heterocycles. The molecule has 0 bridgehead atoms.